The predicted octanol–water partition coefficient (Wildman–Crippen LogP) is 4.77. The van der Waals surface area contributed by atoms with Crippen LogP contribution in [0.1, 0.15) is 16.1 Å². The number of amides is 1. The Balaban J connectivity index is 2.03. The average molecular weight is 393 g/mol. The van der Waals surface area contributed by atoms with Gasteiger partial charge in [0.25, 0.3) is 5.91 Å². The van der Waals surface area contributed by atoms with Gasteiger partial charge in [0.1, 0.15) is 5.58 Å². The molecule has 0 fully saturated rings. The predicted molar refractivity (Wildman–Crippen MR) is 94.3 cm³/mol. The smallest absolute Gasteiger partial charge is 0.291 e. The van der Waals surface area contributed by atoms with Crippen LogP contribution in [0, 0.1) is 6.92 Å². The lowest BCUT2D eigenvalue weighted by molar-refractivity contribution is 0.0997. The summed E-state index contributed by atoms with van der Waals surface area (Å²) in [6, 6.07) is 11.5. The quantitative estimate of drug-likeness (QED) is 0.683. The van der Waals surface area contributed by atoms with Gasteiger partial charge in [0.05, 0.1) is 11.1 Å². The van der Waals surface area contributed by atoms with Crippen molar-refractivity contribution in [3.8, 4) is 0 Å². The van der Waals surface area contributed by atoms with E-state index in [-0.39, 0.29) is 11.2 Å². The third-order valence-electron chi connectivity index (χ3n) is 3.35. The van der Waals surface area contributed by atoms with E-state index in [1.54, 1.807) is 37.3 Å². The molecule has 6 heteroatoms. The van der Waals surface area contributed by atoms with Crippen molar-refractivity contribution >= 4 is 50.1 Å². The maximum Gasteiger partial charge on any atom is 0.291 e. The van der Waals surface area contributed by atoms with E-state index in [1.165, 1.54) is 6.07 Å². The van der Waals surface area contributed by atoms with E-state index in [0.717, 1.165) is 10.0 Å². The van der Waals surface area contributed by atoms with Crippen LogP contribution in [0.2, 0.25) is 5.02 Å². The molecule has 116 valence electrons. The highest BCUT2D eigenvalue weighted by atomic mass is 79.9. The first kappa shape index (κ1) is 15.8. The van der Waals surface area contributed by atoms with Crippen molar-refractivity contribution in [1.29, 1.82) is 0 Å². The van der Waals surface area contributed by atoms with Crippen molar-refractivity contribution in [1.82, 2.24) is 0 Å². The highest BCUT2D eigenvalue weighted by Crippen LogP contribution is 2.24. The van der Waals surface area contributed by atoms with Gasteiger partial charge in [0.15, 0.2) is 11.2 Å². The summed E-state index contributed by atoms with van der Waals surface area (Å²) < 4.78 is 6.30. The fraction of sp³-hybridized carbons (Fsp3) is 0.0588. The monoisotopic (exact) mass is 391 g/mol. The Morgan fingerprint density at radius 1 is 1.22 bits per heavy atom. The van der Waals surface area contributed by atoms with Crippen LogP contribution in [0.4, 0.5) is 5.69 Å². The van der Waals surface area contributed by atoms with Crippen LogP contribution in [-0.2, 0) is 0 Å². The molecule has 23 heavy (non-hydrogen) atoms. The molecule has 1 aromatic heterocycles. The summed E-state index contributed by atoms with van der Waals surface area (Å²) >= 11 is 9.37. The molecular weight excluding hydrogens is 382 g/mol. The molecule has 1 heterocycles. The van der Waals surface area contributed by atoms with Crippen LogP contribution in [0.3, 0.4) is 0 Å². The first-order valence-electron chi connectivity index (χ1n) is 6.75. The molecule has 2 aromatic carbocycles. The Morgan fingerprint density at radius 2 is 1.96 bits per heavy atom. The van der Waals surface area contributed by atoms with E-state index in [0.29, 0.717) is 21.7 Å². The Hall–Kier alpha value is -2.11. The van der Waals surface area contributed by atoms with Gasteiger partial charge in [-0.15, -0.1) is 0 Å². The van der Waals surface area contributed by atoms with Crippen molar-refractivity contribution in [3.05, 3.63) is 73.5 Å². The van der Waals surface area contributed by atoms with Gasteiger partial charge >= 0.3 is 0 Å². The topological polar surface area (TPSA) is 59.3 Å². The molecule has 0 radical (unpaired) electrons. The van der Waals surface area contributed by atoms with Crippen molar-refractivity contribution in [2.75, 3.05) is 5.32 Å². The number of aryl methyl sites for hydroxylation is 1. The summed E-state index contributed by atoms with van der Waals surface area (Å²) in [7, 11) is 0. The van der Waals surface area contributed by atoms with E-state index >= 15 is 0 Å². The fourth-order valence-electron chi connectivity index (χ4n) is 2.14. The molecule has 0 saturated heterocycles. The highest BCUT2D eigenvalue weighted by Gasteiger charge is 2.14. The van der Waals surface area contributed by atoms with Crippen molar-refractivity contribution in [2.45, 2.75) is 6.92 Å². The highest BCUT2D eigenvalue weighted by molar-refractivity contribution is 9.10. The molecule has 3 rings (SSSR count). The lowest BCUT2D eigenvalue weighted by atomic mass is 10.1. The van der Waals surface area contributed by atoms with Gasteiger partial charge in [-0.3, -0.25) is 9.59 Å². The summed E-state index contributed by atoms with van der Waals surface area (Å²) in [4.78, 5) is 24.5. The Bertz CT molecular complexity index is 981. The van der Waals surface area contributed by atoms with Gasteiger partial charge in [0, 0.05) is 15.6 Å². The van der Waals surface area contributed by atoms with Crippen LogP contribution >= 0.6 is 27.5 Å². The summed E-state index contributed by atoms with van der Waals surface area (Å²) in [6.45, 7) is 1.80. The van der Waals surface area contributed by atoms with Gasteiger partial charge < -0.3 is 9.73 Å². The molecule has 1 N–H and O–H groups in total. The molecule has 0 bridgehead atoms. The SMILES string of the molecule is Cc1cc2oc(C(=O)Nc3ccccc3Br)cc(=O)c2cc1Cl. The molecule has 3 aromatic rings. The number of fused-ring (bicyclic) bond motifs is 1. The zero-order valence-corrected chi connectivity index (χ0v) is 14.4. The molecule has 4 nitrogen and oxygen atoms in total. The lowest BCUT2D eigenvalue weighted by Crippen LogP contribution is -2.15. The summed E-state index contributed by atoms with van der Waals surface area (Å²) in [6.07, 6.45) is 0. The molecule has 0 atom stereocenters. The van der Waals surface area contributed by atoms with Crippen molar-refractivity contribution in [2.24, 2.45) is 0 Å². The molecule has 0 unspecified atom stereocenters. The summed E-state index contributed by atoms with van der Waals surface area (Å²) in [5.74, 6) is -0.552. The first-order chi connectivity index (χ1) is 11.0. The third kappa shape index (κ3) is 3.16. The summed E-state index contributed by atoms with van der Waals surface area (Å²) in [5.41, 5.74) is 1.38. The van der Waals surface area contributed by atoms with E-state index in [9.17, 15) is 9.59 Å². The van der Waals surface area contributed by atoms with Gasteiger partial charge in [-0.25, -0.2) is 0 Å². The second-order valence-corrected chi connectivity index (χ2v) is 6.27. The van der Waals surface area contributed by atoms with Gasteiger partial charge in [0.2, 0.25) is 0 Å². The Kier molecular flexibility index (Phi) is 4.24. The molecule has 0 aliphatic heterocycles. The molecule has 0 aliphatic rings. The number of hydrogen-bond acceptors (Lipinski definition) is 3. The van der Waals surface area contributed by atoms with E-state index < -0.39 is 5.91 Å². The first-order valence-corrected chi connectivity index (χ1v) is 7.92. The van der Waals surface area contributed by atoms with Crippen molar-refractivity contribution in [3.63, 3.8) is 0 Å². The number of rotatable bonds is 2. The number of para-hydroxylation sites is 1. The largest absolute Gasteiger partial charge is 0.451 e. The Labute approximate surface area is 145 Å². The van der Waals surface area contributed by atoms with Crippen LogP contribution in [0.15, 0.2) is 56.1 Å². The van der Waals surface area contributed by atoms with E-state index in [2.05, 4.69) is 21.2 Å². The van der Waals surface area contributed by atoms with Crippen LogP contribution in [-0.4, -0.2) is 5.91 Å². The van der Waals surface area contributed by atoms with E-state index in [4.69, 9.17) is 16.0 Å². The second-order valence-electron chi connectivity index (χ2n) is 5.01. The normalized spacial score (nSPS) is 10.7. The molecule has 0 aliphatic carbocycles. The minimum absolute atomic E-state index is 0.0556. The maximum atomic E-state index is 12.3. The van der Waals surface area contributed by atoms with Crippen molar-refractivity contribution < 1.29 is 9.21 Å². The van der Waals surface area contributed by atoms with Gasteiger partial charge in [-0.1, -0.05) is 23.7 Å². The van der Waals surface area contributed by atoms with Crippen LogP contribution in [0.25, 0.3) is 11.0 Å². The molecular formula is C17H11BrClNO3. The van der Waals surface area contributed by atoms with E-state index in [1.807, 2.05) is 6.07 Å². The minimum atomic E-state index is -0.497. The molecule has 0 saturated carbocycles. The minimum Gasteiger partial charge on any atom is -0.451 e. The maximum absolute atomic E-state index is 12.3. The zero-order chi connectivity index (χ0) is 16.6. The number of carbonyl (C=O) groups excluding carboxylic acids is 1. The number of hydrogen-bond donors (Lipinski definition) is 1. The number of benzene rings is 2. The second kappa shape index (κ2) is 6.18. The van der Waals surface area contributed by atoms with Gasteiger partial charge in [-0.2, -0.15) is 0 Å². The lowest BCUT2D eigenvalue weighted by Gasteiger charge is -2.07. The number of halogens is 2. The molecule has 0 spiro atoms. The zero-order valence-electron chi connectivity index (χ0n) is 12.0. The van der Waals surface area contributed by atoms with Gasteiger partial charge in [-0.05, 0) is 52.7 Å². The number of nitrogens with one attached hydrogen (secondary N) is 1. The summed E-state index contributed by atoms with van der Waals surface area (Å²) in [5, 5.41) is 3.53. The third-order valence-corrected chi connectivity index (χ3v) is 4.45. The number of carbonyl (C=O) groups is 1. The number of anilines is 1. The molecule has 1 amide bonds. The Morgan fingerprint density at radius 3 is 2.70 bits per heavy atom. The standard InChI is InChI=1S/C17H11BrClNO3/c1-9-6-15-10(7-12(9)19)14(21)8-16(23-15)17(22)20-13-5-3-2-4-11(13)18/h2-8H,1H3,(H,20,22). The van der Waals surface area contributed by atoms with Crippen LogP contribution < -0.4 is 10.7 Å². The van der Waals surface area contributed by atoms with Crippen LogP contribution in [0.5, 0.6) is 0 Å². The fourth-order valence-corrected chi connectivity index (χ4v) is 2.68. The average Bonchev–Trinajstić information content (AvgIpc) is 2.51.